The SMILES string of the molecule is COc1cc(C)cc(Nc2ncc(N)c(N)n2)c1. The molecule has 0 aliphatic rings. The predicted molar refractivity (Wildman–Crippen MR) is 71.9 cm³/mol. The summed E-state index contributed by atoms with van der Waals surface area (Å²) in [5, 5.41) is 3.05. The standard InChI is InChI=1S/C12H15N5O/c1-7-3-8(5-9(4-7)18-2)16-12-15-6-10(13)11(14)17-12/h3-6H,13H2,1-2H3,(H3,14,15,16,17). The number of aryl methyl sites for hydroxylation is 1. The molecule has 18 heavy (non-hydrogen) atoms. The van der Waals surface area contributed by atoms with Gasteiger partial charge in [0.05, 0.1) is 19.0 Å². The maximum Gasteiger partial charge on any atom is 0.229 e. The molecule has 1 aromatic heterocycles. The van der Waals surface area contributed by atoms with Gasteiger partial charge >= 0.3 is 0 Å². The van der Waals surface area contributed by atoms with Crippen LogP contribution in [0.25, 0.3) is 0 Å². The van der Waals surface area contributed by atoms with Crippen LogP contribution in [0.1, 0.15) is 5.56 Å². The summed E-state index contributed by atoms with van der Waals surface area (Å²) in [6, 6.07) is 5.74. The maximum atomic E-state index is 5.62. The van der Waals surface area contributed by atoms with Gasteiger partial charge in [0.25, 0.3) is 0 Å². The van der Waals surface area contributed by atoms with Crippen molar-refractivity contribution in [2.24, 2.45) is 0 Å². The molecule has 0 aliphatic carbocycles. The van der Waals surface area contributed by atoms with Crippen LogP contribution >= 0.6 is 0 Å². The number of benzene rings is 1. The van der Waals surface area contributed by atoms with Crippen molar-refractivity contribution in [2.75, 3.05) is 23.9 Å². The van der Waals surface area contributed by atoms with Crippen molar-refractivity contribution >= 4 is 23.1 Å². The van der Waals surface area contributed by atoms with E-state index in [2.05, 4.69) is 15.3 Å². The summed E-state index contributed by atoms with van der Waals surface area (Å²) in [6.45, 7) is 1.98. The Balaban J connectivity index is 2.27. The number of nitrogens with two attached hydrogens (primary N) is 2. The highest BCUT2D eigenvalue weighted by atomic mass is 16.5. The molecule has 94 valence electrons. The molecule has 0 aliphatic heterocycles. The number of hydrogen-bond acceptors (Lipinski definition) is 6. The fourth-order valence-electron chi connectivity index (χ4n) is 1.53. The Morgan fingerprint density at radius 1 is 1.22 bits per heavy atom. The summed E-state index contributed by atoms with van der Waals surface area (Å²) in [7, 11) is 1.62. The smallest absolute Gasteiger partial charge is 0.229 e. The lowest BCUT2D eigenvalue weighted by Crippen LogP contribution is -2.03. The molecule has 0 unspecified atom stereocenters. The molecule has 0 atom stereocenters. The Morgan fingerprint density at radius 3 is 2.67 bits per heavy atom. The number of ether oxygens (including phenoxy) is 1. The zero-order valence-electron chi connectivity index (χ0n) is 10.3. The summed E-state index contributed by atoms with van der Waals surface area (Å²) in [4.78, 5) is 8.09. The van der Waals surface area contributed by atoms with Crippen molar-refractivity contribution in [2.45, 2.75) is 6.92 Å². The van der Waals surface area contributed by atoms with E-state index in [1.165, 1.54) is 6.20 Å². The number of nitrogen functional groups attached to an aromatic ring is 2. The van der Waals surface area contributed by atoms with E-state index in [9.17, 15) is 0 Å². The molecule has 1 heterocycles. The molecule has 1 aromatic carbocycles. The lowest BCUT2D eigenvalue weighted by atomic mass is 10.2. The molecule has 6 nitrogen and oxygen atoms in total. The summed E-state index contributed by atoms with van der Waals surface area (Å²) in [6.07, 6.45) is 1.47. The van der Waals surface area contributed by atoms with Crippen molar-refractivity contribution in [3.05, 3.63) is 30.0 Å². The largest absolute Gasteiger partial charge is 0.497 e. The van der Waals surface area contributed by atoms with Crippen LogP contribution in [0.3, 0.4) is 0 Å². The fraction of sp³-hybridized carbons (Fsp3) is 0.167. The summed E-state index contributed by atoms with van der Waals surface area (Å²) in [5.41, 5.74) is 13.4. The zero-order valence-corrected chi connectivity index (χ0v) is 10.3. The minimum absolute atomic E-state index is 0.257. The molecule has 2 aromatic rings. The van der Waals surface area contributed by atoms with Crippen LogP contribution in [0, 0.1) is 6.92 Å². The van der Waals surface area contributed by atoms with E-state index in [1.807, 2.05) is 25.1 Å². The van der Waals surface area contributed by atoms with Crippen LogP contribution in [-0.2, 0) is 0 Å². The highest BCUT2D eigenvalue weighted by Crippen LogP contribution is 2.23. The van der Waals surface area contributed by atoms with Crippen LogP contribution in [0.4, 0.5) is 23.1 Å². The first kappa shape index (κ1) is 12.0. The van der Waals surface area contributed by atoms with Crippen molar-refractivity contribution in [1.82, 2.24) is 9.97 Å². The summed E-state index contributed by atoms with van der Waals surface area (Å²) in [5.74, 6) is 1.42. The fourth-order valence-corrected chi connectivity index (χ4v) is 1.53. The third-order valence-electron chi connectivity index (χ3n) is 2.39. The van der Waals surface area contributed by atoms with Gasteiger partial charge in [0.1, 0.15) is 5.75 Å². The van der Waals surface area contributed by atoms with Gasteiger partial charge in [-0.05, 0) is 24.6 Å². The van der Waals surface area contributed by atoms with E-state index in [4.69, 9.17) is 16.2 Å². The van der Waals surface area contributed by atoms with Crippen LogP contribution in [0.5, 0.6) is 5.75 Å². The monoisotopic (exact) mass is 245 g/mol. The molecular formula is C12H15N5O. The molecule has 0 fully saturated rings. The number of hydrogen-bond donors (Lipinski definition) is 3. The highest BCUT2D eigenvalue weighted by molar-refractivity contribution is 5.62. The Labute approximate surface area is 105 Å². The number of nitrogens with zero attached hydrogens (tertiary/aromatic N) is 2. The molecule has 0 radical (unpaired) electrons. The van der Waals surface area contributed by atoms with Crippen LogP contribution in [-0.4, -0.2) is 17.1 Å². The number of nitrogens with one attached hydrogen (secondary N) is 1. The molecule has 6 heteroatoms. The Kier molecular flexibility index (Phi) is 3.18. The second-order valence-electron chi connectivity index (χ2n) is 3.90. The first-order valence-electron chi connectivity index (χ1n) is 5.39. The quantitative estimate of drug-likeness (QED) is 0.761. The van der Waals surface area contributed by atoms with Crippen LogP contribution in [0.15, 0.2) is 24.4 Å². The van der Waals surface area contributed by atoms with Gasteiger partial charge in [0.15, 0.2) is 5.82 Å². The van der Waals surface area contributed by atoms with E-state index in [0.717, 1.165) is 17.0 Å². The zero-order chi connectivity index (χ0) is 13.1. The first-order chi connectivity index (χ1) is 8.58. The van der Waals surface area contributed by atoms with Gasteiger partial charge in [-0.2, -0.15) is 4.98 Å². The second kappa shape index (κ2) is 4.79. The second-order valence-corrected chi connectivity index (χ2v) is 3.90. The molecule has 5 N–H and O–H groups in total. The van der Waals surface area contributed by atoms with E-state index >= 15 is 0 Å². The summed E-state index contributed by atoms with van der Waals surface area (Å²) >= 11 is 0. The molecule has 0 amide bonds. The van der Waals surface area contributed by atoms with Gasteiger partial charge in [-0.3, -0.25) is 0 Å². The molecular weight excluding hydrogens is 230 g/mol. The van der Waals surface area contributed by atoms with Gasteiger partial charge in [0.2, 0.25) is 5.95 Å². The topological polar surface area (TPSA) is 99.1 Å². The van der Waals surface area contributed by atoms with E-state index < -0.39 is 0 Å². The molecule has 2 rings (SSSR count). The van der Waals surface area contributed by atoms with Gasteiger partial charge in [-0.25, -0.2) is 4.98 Å². The minimum atomic E-state index is 0.257. The van der Waals surface area contributed by atoms with Crippen LogP contribution < -0.4 is 21.5 Å². The van der Waals surface area contributed by atoms with Gasteiger partial charge in [0, 0.05) is 11.8 Å². The normalized spacial score (nSPS) is 10.1. The van der Waals surface area contributed by atoms with Crippen molar-refractivity contribution in [3.63, 3.8) is 0 Å². The average molecular weight is 245 g/mol. The third-order valence-corrected chi connectivity index (χ3v) is 2.39. The Morgan fingerprint density at radius 2 is 2.00 bits per heavy atom. The molecule has 0 bridgehead atoms. The Bertz CT molecular complexity index is 570. The molecule has 0 saturated heterocycles. The van der Waals surface area contributed by atoms with Crippen molar-refractivity contribution < 1.29 is 4.74 Å². The average Bonchev–Trinajstić information content (AvgIpc) is 2.33. The van der Waals surface area contributed by atoms with E-state index in [0.29, 0.717) is 11.6 Å². The van der Waals surface area contributed by atoms with E-state index in [-0.39, 0.29) is 5.82 Å². The highest BCUT2D eigenvalue weighted by Gasteiger charge is 2.03. The first-order valence-corrected chi connectivity index (χ1v) is 5.39. The minimum Gasteiger partial charge on any atom is -0.497 e. The van der Waals surface area contributed by atoms with Gasteiger partial charge < -0.3 is 21.5 Å². The summed E-state index contributed by atoms with van der Waals surface area (Å²) < 4.78 is 5.19. The van der Waals surface area contributed by atoms with Crippen LogP contribution in [0.2, 0.25) is 0 Å². The molecule has 0 saturated carbocycles. The maximum absolute atomic E-state index is 5.62. The molecule has 0 spiro atoms. The number of rotatable bonds is 3. The lowest BCUT2D eigenvalue weighted by Gasteiger charge is -2.09. The van der Waals surface area contributed by atoms with Crippen molar-refractivity contribution in [1.29, 1.82) is 0 Å². The Hall–Kier alpha value is -2.50. The predicted octanol–water partition coefficient (Wildman–Crippen LogP) is 1.70. The van der Waals surface area contributed by atoms with Gasteiger partial charge in [-0.1, -0.05) is 0 Å². The third kappa shape index (κ3) is 2.60. The van der Waals surface area contributed by atoms with Crippen molar-refractivity contribution in [3.8, 4) is 5.75 Å². The van der Waals surface area contributed by atoms with E-state index in [1.54, 1.807) is 7.11 Å². The van der Waals surface area contributed by atoms with Gasteiger partial charge in [-0.15, -0.1) is 0 Å². The number of anilines is 4. The number of aromatic nitrogens is 2. The number of methoxy groups -OCH3 is 1. The lowest BCUT2D eigenvalue weighted by molar-refractivity contribution is 0.414.